The first-order valence-electron chi connectivity index (χ1n) is 3.22. The van der Waals surface area contributed by atoms with Crippen LogP contribution in [-0.4, -0.2) is 19.7 Å². The zero-order valence-electron chi connectivity index (χ0n) is 5.02. The first-order chi connectivity index (χ1) is 3.93. The molecular weight excluding hydrogens is 102 g/mol. The molecule has 2 heteroatoms. The molecule has 0 aliphatic carbocycles. The van der Waals surface area contributed by atoms with E-state index in [1.807, 2.05) is 0 Å². The SMILES string of the molecule is [O-]CC1CCNCC1. The van der Waals surface area contributed by atoms with Gasteiger partial charge in [-0.05, 0) is 25.9 Å². The molecule has 0 bridgehead atoms. The Hall–Kier alpha value is -0.0800. The van der Waals surface area contributed by atoms with Crippen molar-refractivity contribution >= 4 is 0 Å². The van der Waals surface area contributed by atoms with E-state index in [0.29, 0.717) is 5.92 Å². The van der Waals surface area contributed by atoms with Crippen molar-refractivity contribution in [3.63, 3.8) is 0 Å². The van der Waals surface area contributed by atoms with Gasteiger partial charge in [0.1, 0.15) is 0 Å². The average molecular weight is 114 g/mol. The van der Waals surface area contributed by atoms with Crippen LogP contribution in [0.25, 0.3) is 0 Å². The number of hydrogen-bond donors (Lipinski definition) is 1. The van der Waals surface area contributed by atoms with E-state index in [0.717, 1.165) is 25.9 Å². The monoisotopic (exact) mass is 114 g/mol. The molecule has 0 aromatic heterocycles. The Balaban J connectivity index is 2.13. The molecule has 1 aliphatic rings. The molecule has 0 radical (unpaired) electrons. The van der Waals surface area contributed by atoms with Crippen molar-refractivity contribution < 1.29 is 5.11 Å². The summed E-state index contributed by atoms with van der Waals surface area (Å²) in [6.45, 7) is 2.22. The van der Waals surface area contributed by atoms with Crippen LogP contribution in [0.5, 0.6) is 0 Å². The second-order valence-electron chi connectivity index (χ2n) is 2.36. The van der Waals surface area contributed by atoms with Crippen molar-refractivity contribution in [3.8, 4) is 0 Å². The van der Waals surface area contributed by atoms with Gasteiger partial charge in [0.25, 0.3) is 0 Å². The number of rotatable bonds is 1. The largest absolute Gasteiger partial charge is 0.854 e. The Morgan fingerprint density at radius 1 is 1.38 bits per heavy atom. The molecule has 1 saturated heterocycles. The van der Waals surface area contributed by atoms with Crippen LogP contribution >= 0.6 is 0 Å². The van der Waals surface area contributed by atoms with Gasteiger partial charge >= 0.3 is 0 Å². The topological polar surface area (TPSA) is 35.1 Å². The van der Waals surface area contributed by atoms with E-state index in [9.17, 15) is 5.11 Å². The molecule has 0 aromatic rings. The lowest BCUT2D eigenvalue weighted by Gasteiger charge is -2.24. The molecule has 8 heavy (non-hydrogen) atoms. The van der Waals surface area contributed by atoms with Gasteiger partial charge in [-0.15, -0.1) is 6.61 Å². The molecule has 0 aromatic carbocycles. The Bertz CT molecular complexity index is 59.5. The summed E-state index contributed by atoms with van der Waals surface area (Å²) in [5.74, 6) is 0.469. The molecule has 48 valence electrons. The summed E-state index contributed by atoms with van der Waals surface area (Å²) in [6.07, 6.45) is 2.17. The third kappa shape index (κ3) is 1.46. The predicted molar refractivity (Wildman–Crippen MR) is 30.5 cm³/mol. The van der Waals surface area contributed by atoms with Crippen LogP contribution in [0.2, 0.25) is 0 Å². The van der Waals surface area contributed by atoms with E-state index >= 15 is 0 Å². The number of piperidine rings is 1. The van der Waals surface area contributed by atoms with Crippen molar-refractivity contribution in [2.45, 2.75) is 12.8 Å². The molecule has 1 aliphatic heterocycles. The number of hydrogen-bond acceptors (Lipinski definition) is 2. The average Bonchev–Trinajstić information content (AvgIpc) is 1.90. The summed E-state index contributed by atoms with van der Waals surface area (Å²) in [6, 6.07) is 0. The Labute approximate surface area is 49.9 Å². The first kappa shape index (κ1) is 6.05. The van der Waals surface area contributed by atoms with Gasteiger partial charge in [0.2, 0.25) is 0 Å². The molecule has 0 unspecified atom stereocenters. The van der Waals surface area contributed by atoms with Crippen molar-refractivity contribution in [1.82, 2.24) is 5.32 Å². The normalized spacial score (nSPS) is 23.6. The van der Waals surface area contributed by atoms with Crippen molar-refractivity contribution in [2.24, 2.45) is 5.92 Å². The number of nitrogens with one attached hydrogen (secondary N) is 1. The summed E-state index contributed by atoms with van der Waals surface area (Å²) in [5, 5.41) is 13.5. The summed E-state index contributed by atoms with van der Waals surface area (Å²) in [4.78, 5) is 0. The van der Waals surface area contributed by atoms with Gasteiger partial charge in [0, 0.05) is 0 Å². The minimum Gasteiger partial charge on any atom is -0.854 e. The third-order valence-corrected chi connectivity index (χ3v) is 1.69. The van der Waals surface area contributed by atoms with E-state index in [-0.39, 0.29) is 6.61 Å². The van der Waals surface area contributed by atoms with Gasteiger partial charge < -0.3 is 10.4 Å². The summed E-state index contributed by atoms with van der Waals surface area (Å²) < 4.78 is 0. The third-order valence-electron chi connectivity index (χ3n) is 1.69. The molecule has 1 heterocycles. The summed E-state index contributed by atoms with van der Waals surface area (Å²) in [5.41, 5.74) is 0. The Morgan fingerprint density at radius 3 is 2.38 bits per heavy atom. The minimum atomic E-state index is 0.127. The second kappa shape index (κ2) is 3.05. The minimum absolute atomic E-state index is 0.127. The van der Waals surface area contributed by atoms with E-state index in [1.165, 1.54) is 0 Å². The standard InChI is InChI=1S/C6H12NO/c8-5-6-1-3-7-4-2-6/h6-7H,1-5H2/q-1. The molecular formula is C6H12NO-. The van der Waals surface area contributed by atoms with Gasteiger partial charge in [-0.1, -0.05) is 5.92 Å². The highest BCUT2D eigenvalue weighted by Gasteiger charge is 2.06. The van der Waals surface area contributed by atoms with Crippen molar-refractivity contribution in [2.75, 3.05) is 19.7 Å². The zero-order valence-corrected chi connectivity index (χ0v) is 5.02. The molecule has 2 nitrogen and oxygen atoms in total. The smallest absolute Gasteiger partial charge is 0.00467 e. The fourth-order valence-corrected chi connectivity index (χ4v) is 1.05. The Morgan fingerprint density at radius 2 is 2.00 bits per heavy atom. The van der Waals surface area contributed by atoms with Crippen LogP contribution in [0.15, 0.2) is 0 Å². The fourth-order valence-electron chi connectivity index (χ4n) is 1.05. The van der Waals surface area contributed by atoms with Crippen LogP contribution in [0.4, 0.5) is 0 Å². The van der Waals surface area contributed by atoms with Gasteiger partial charge in [-0.2, -0.15) is 0 Å². The maximum Gasteiger partial charge on any atom is -0.00467 e. The van der Waals surface area contributed by atoms with E-state index in [1.54, 1.807) is 0 Å². The zero-order chi connectivity index (χ0) is 5.82. The van der Waals surface area contributed by atoms with Crippen LogP contribution < -0.4 is 10.4 Å². The maximum absolute atomic E-state index is 10.3. The van der Waals surface area contributed by atoms with Gasteiger partial charge in [-0.25, -0.2) is 0 Å². The lowest BCUT2D eigenvalue weighted by atomic mass is 10.00. The lowest BCUT2D eigenvalue weighted by Crippen LogP contribution is -2.32. The molecule has 0 amide bonds. The molecule has 0 atom stereocenters. The van der Waals surface area contributed by atoms with Crippen LogP contribution in [-0.2, 0) is 0 Å². The van der Waals surface area contributed by atoms with E-state index in [4.69, 9.17) is 0 Å². The highest BCUT2D eigenvalue weighted by Crippen LogP contribution is 2.07. The van der Waals surface area contributed by atoms with Crippen LogP contribution in [0.3, 0.4) is 0 Å². The molecule has 1 rings (SSSR count). The lowest BCUT2D eigenvalue weighted by molar-refractivity contribution is -0.380. The molecule has 0 saturated carbocycles. The molecule has 1 N–H and O–H groups in total. The van der Waals surface area contributed by atoms with Crippen molar-refractivity contribution in [1.29, 1.82) is 0 Å². The fraction of sp³-hybridized carbons (Fsp3) is 1.00. The van der Waals surface area contributed by atoms with Crippen molar-refractivity contribution in [3.05, 3.63) is 0 Å². The quantitative estimate of drug-likeness (QED) is 0.491. The van der Waals surface area contributed by atoms with E-state index < -0.39 is 0 Å². The highest BCUT2D eigenvalue weighted by atomic mass is 16.3. The molecule has 0 spiro atoms. The molecule has 1 fully saturated rings. The van der Waals surface area contributed by atoms with Gasteiger partial charge in [-0.3, -0.25) is 0 Å². The summed E-state index contributed by atoms with van der Waals surface area (Å²) in [7, 11) is 0. The summed E-state index contributed by atoms with van der Waals surface area (Å²) >= 11 is 0. The maximum atomic E-state index is 10.3. The first-order valence-corrected chi connectivity index (χ1v) is 3.22. The van der Waals surface area contributed by atoms with Crippen LogP contribution in [0, 0.1) is 5.92 Å². The second-order valence-corrected chi connectivity index (χ2v) is 2.36. The Kier molecular flexibility index (Phi) is 2.30. The van der Waals surface area contributed by atoms with Crippen LogP contribution in [0.1, 0.15) is 12.8 Å². The van der Waals surface area contributed by atoms with E-state index in [2.05, 4.69) is 5.32 Å². The highest BCUT2D eigenvalue weighted by molar-refractivity contribution is 4.66. The predicted octanol–water partition coefficient (Wildman–Crippen LogP) is -0.654. The van der Waals surface area contributed by atoms with Gasteiger partial charge in [0.05, 0.1) is 0 Å². The van der Waals surface area contributed by atoms with Gasteiger partial charge in [0.15, 0.2) is 0 Å².